The monoisotopic (exact) mass is 530 g/mol. The van der Waals surface area contributed by atoms with Crippen molar-refractivity contribution >= 4 is 45.5 Å². The van der Waals surface area contributed by atoms with Crippen molar-refractivity contribution in [2.75, 3.05) is 19.7 Å². The number of rotatable bonds is 11. The lowest BCUT2D eigenvalue weighted by molar-refractivity contribution is -0.150. The number of nitrogens with zero attached hydrogens (tertiary/aromatic N) is 2. The lowest BCUT2D eigenvalue weighted by Gasteiger charge is -2.41. The van der Waals surface area contributed by atoms with Gasteiger partial charge in [0.2, 0.25) is 11.8 Å². The number of hydrogen-bond acceptors (Lipinski definition) is 5. The second-order valence-corrected chi connectivity index (χ2v) is 12.2. The Morgan fingerprint density at radius 3 is 2.62 bits per heavy atom. The van der Waals surface area contributed by atoms with Crippen molar-refractivity contribution < 1.29 is 24.6 Å². The Bertz CT molecular complexity index is 765. The molecule has 3 rings (SSSR count). The van der Waals surface area contributed by atoms with Gasteiger partial charge in [0.25, 0.3) is 0 Å². The van der Waals surface area contributed by atoms with Crippen LogP contribution < -0.4 is 0 Å². The first-order valence-corrected chi connectivity index (χ1v) is 13.3. The Kier molecular flexibility index (Phi) is 8.03. The van der Waals surface area contributed by atoms with E-state index in [1.807, 2.05) is 13.8 Å². The molecular formula is C23H35BrN2O5S. The standard InChI is InChI=1S/C23H35BrN2O5S/c1-5-7-8-10-25(9-6-2)21(29)19-23-11-14(24)18(32-23)16(22(30)31)17(23)20(28)26(19)15(12-27)13(3)4/h6,13-19,27H,2,5,7-12H2,1,3-4H3,(H,30,31)/t14?,15-,16-,17-,18-,19?,23?/m0/s1. The number of hydrogen-bond donors (Lipinski definition) is 2. The number of likely N-dealkylation sites (tertiary alicyclic amines) is 1. The number of carbonyl (C=O) groups excluding carboxylic acids is 2. The quantitative estimate of drug-likeness (QED) is 0.242. The number of aliphatic carboxylic acids is 1. The number of amides is 2. The number of carboxylic acid groups (broad SMARTS) is 1. The molecule has 3 saturated heterocycles. The van der Waals surface area contributed by atoms with Gasteiger partial charge in [-0.25, -0.2) is 0 Å². The van der Waals surface area contributed by atoms with Crippen LogP contribution in [0.4, 0.5) is 0 Å². The summed E-state index contributed by atoms with van der Waals surface area (Å²) in [4.78, 5) is 43.3. The van der Waals surface area contributed by atoms with E-state index in [0.29, 0.717) is 19.5 Å². The molecule has 0 saturated carbocycles. The smallest absolute Gasteiger partial charge is 0.308 e. The molecule has 0 aromatic carbocycles. The van der Waals surface area contributed by atoms with Crippen LogP contribution in [-0.4, -0.2) is 84.4 Å². The summed E-state index contributed by atoms with van der Waals surface area (Å²) in [6.45, 7) is 10.4. The molecule has 0 radical (unpaired) electrons. The Morgan fingerprint density at radius 1 is 1.41 bits per heavy atom. The van der Waals surface area contributed by atoms with Crippen molar-refractivity contribution in [2.45, 2.75) is 73.4 Å². The molecule has 2 bridgehead atoms. The number of alkyl halides is 1. The number of fused-ring (bicyclic) bond motifs is 1. The van der Waals surface area contributed by atoms with E-state index in [1.165, 1.54) is 11.8 Å². The van der Waals surface area contributed by atoms with E-state index in [0.717, 1.165) is 19.3 Å². The molecule has 2 amide bonds. The van der Waals surface area contributed by atoms with E-state index in [2.05, 4.69) is 29.4 Å². The molecule has 9 heteroatoms. The van der Waals surface area contributed by atoms with Gasteiger partial charge in [-0.05, 0) is 18.8 Å². The predicted octanol–water partition coefficient (Wildman–Crippen LogP) is 2.76. The summed E-state index contributed by atoms with van der Waals surface area (Å²) < 4.78 is -0.803. The molecule has 2 N–H and O–H groups in total. The summed E-state index contributed by atoms with van der Waals surface area (Å²) in [5.41, 5.74) is 0. The van der Waals surface area contributed by atoms with Crippen LogP contribution in [0.2, 0.25) is 0 Å². The van der Waals surface area contributed by atoms with Crippen LogP contribution in [0.5, 0.6) is 0 Å². The summed E-state index contributed by atoms with van der Waals surface area (Å²) in [6, 6.07) is -1.33. The molecule has 180 valence electrons. The van der Waals surface area contributed by atoms with E-state index >= 15 is 0 Å². The average molecular weight is 532 g/mol. The molecule has 1 spiro atoms. The second kappa shape index (κ2) is 10.1. The molecular weight excluding hydrogens is 496 g/mol. The van der Waals surface area contributed by atoms with Crippen molar-refractivity contribution in [2.24, 2.45) is 17.8 Å². The highest BCUT2D eigenvalue weighted by Gasteiger charge is 2.76. The summed E-state index contributed by atoms with van der Waals surface area (Å²) in [7, 11) is 0. The van der Waals surface area contributed by atoms with E-state index in [9.17, 15) is 24.6 Å². The van der Waals surface area contributed by atoms with Gasteiger partial charge in [-0.3, -0.25) is 14.4 Å². The molecule has 7 atom stereocenters. The fourth-order valence-corrected chi connectivity index (χ4v) is 9.37. The Morgan fingerprint density at radius 2 is 2.09 bits per heavy atom. The van der Waals surface area contributed by atoms with Crippen LogP contribution >= 0.6 is 27.7 Å². The first-order valence-electron chi connectivity index (χ1n) is 11.5. The number of halogens is 1. The van der Waals surface area contributed by atoms with Gasteiger partial charge in [-0.2, -0.15) is 0 Å². The van der Waals surface area contributed by atoms with E-state index < -0.39 is 34.6 Å². The molecule has 7 nitrogen and oxygen atoms in total. The zero-order chi connectivity index (χ0) is 23.8. The average Bonchev–Trinajstić information content (AvgIpc) is 3.31. The Balaban J connectivity index is 2.08. The largest absolute Gasteiger partial charge is 0.481 e. The van der Waals surface area contributed by atoms with Crippen molar-refractivity contribution in [1.29, 1.82) is 0 Å². The van der Waals surface area contributed by atoms with Gasteiger partial charge in [0, 0.05) is 23.2 Å². The van der Waals surface area contributed by atoms with Crippen LogP contribution in [0, 0.1) is 17.8 Å². The topological polar surface area (TPSA) is 98.2 Å². The zero-order valence-corrected chi connectivity index (χ0v) is 21.5. The van der Waals surface area contributed by atoms with Gasteiger partial charge in [0.15, 0.2) is 0 Å². The number of thioether (sulfide) groups is 1. The third-order valence-corrected chi connectivity index (χ3v) is 10.5. The maximum atomic E-state index is 14.1. The van der Waals surface area contributed by atoms with Gasteiger partial charge in [0.05, 0.1) is 29.2 Å². The Hall–Kier alpha value is -1.06. The van der Waals surface area contributed by atoms with Crippen molar-refractivity contribution in [3.63, 3.8) is 0 Å². The maximum absolute atomic E-state index is 14.1. The molecule has 0 aromatic rings. The van der Waals surface area contributed by atoms with Crippen molar-refractivity contribution in [3.05, 3.63) is 12.7 Å². The summed E-state index contributed by atoms with van der Waals surface area (Å²) in [5, 5.41) is 19.9. The summed E-state index contributed by atoms with van der Waals surface area (Å²) in [5.74, 6) is -3.12. The molecule has 0 aromatic heterocycles. The second-order valence-electron chi connectivity index (χ2n) is 9.52. The lowest BCUT2D eigenvalue weighted by atomic mass is 9.71. The number of carboxylic acids is 1. The van der Waals surface area contributed by atoms with Crippen molar-refractivity contribution in [3.8, 4) is 0 Å². The van der Waals surface area contributed by atoms with Gasteiger partial charge in [-0.1, -0.05) is 55.6 Å². The number of aliphatic hydroxyl groups is 1. The Labute approximate surface area is 203 Å². The van der Waals surface area contributed by atoms with Gasteiger partial charge in [0.1, 0.15) is 6.04 Å². The lowest BCUT2D eigenvalue weighted by Crippen LogP contribution is -2.58. The van der Waals surface area contributed by atoms with Crippen molar-refractivity contribution in [1.82, 2.24) is 9.80 Å². The molecule has 32 heavy (non-hydrogen) atoms. The van der Waals surface area contributed by atoms with Gasteiger partial charge >= 0.3 is 5.97 Å². The molecule has 3 fully saturated rings. The minimum atomic E-state index is -0.990. The SMILES string of the molecule is C=CCN(CCCCC)C(=O)C1N([C@@H](CO)C(C)C)C(=O)[C@@H]2[C@H](C(=O)O)[C@H]3SC12CC3Br. The first kappa shape index (κ1) is 25.6. The molecule has 3 aliphatic rings. The number of aliphatic hydroxyl groups excluding tert-OH is 1. The van der Waals surface area contributed by atoms with E-state index in [4.69, 9.17) is 0 Å². The van der Waals surface area contributed by atoms with Crippen LogP contribution in [0.25, 0.3) is 0 Å². The highest BCUT2D eigenvalue weighted by atomic mass is 79.9. The van der Waals surface area contributed by atoms with Gasteiger partial charge in [-0.15, -0.1) is 18.3 Å². The first-order chi connectivity index (χ1) is 15.2. The highest BCUT2D eigenvalue weighted by Crippen LogP contribution is 2.68. The van der Waals surface area contributed by atoms with Crippen LogP contribution in [0.1, 0.15) is 46.5 Å². The van der Waals surface area contributed by atoms with E-state index in [1.54, 1.807) is 15.9 Å². The van der Waals surface area contributed by atoms with Crippen LogP contribution in [0.15, 0.2) is 12.7 Å². The molecule has 3 aliphatic heterocycles. The highest BCUT2D eigenvalue weighted by molar-refractivity contribution is 9.09. The third kappa shape index (κ3) is 4.02. The summed E-state index contributed by atoms with van der Waals surface area (Å²) >= 11 is 5.15. The fraction of sp³-hybridized carbons (Fsp3) is 0.783. The minimum absolute atomic E-state index is 0.0762. The molecule has 0 aliphatic carbocycles. The zero-order valence-electron chi connectivity index (χ0n) is 19.1. The normalized spacial score (nSPS) is 34.1. The molecule has 3 unspecified atom stereocenters. The van der Waals surface area contributed by atoms with E-state index in [-0.39, 0.29) is 34.4 Å². The minimum Gasteiger partial charge on any atom is -0.481 e. The third-order valence-electron chi connectivity index (χ3n) is 7.25. The van der Waals surface area contributed by atoms with Crippen LogP contribution in [0.3, 0.4) is 0 Å². The number of unbranched alkanes of at least 4 members (excludes halogenated alkanes) is 2. The fourth-order valence-electron chi connectivity index (χ4n) is 5.78. The maximum Gasteiger partial charge on any atom is 0.308 e. The predicted molar refractivity (Wildman–Crippen MR) is 129 cm³/mol. The van der Waals surface area contributed by atoms with Gasteiger partial charge < -0.3 is 20.0 Å². The van der Waals surface area contributed by atoms with Crippen LogP contribution in [-0.2, 0) is 14.4 Å². The number of carbonyl (C=O) groups is 3. The summed E-state index contributed by atoms with van der Waals surface area (Å²) in [6.07, 6.45) is 5.13. The molecule has 3 heterocycles.